The first kappa shape index (κ1) is 23.7. The van der Waals surface area contributed by atoms with Crippen LogP contribution in [0.3, 0.4) is 0 Å². The average Bonchev–Trinajstić information content (AvgIpc) is 3.07. The number of ether oxygens (including phenoxy) is 1. The molecule has 0 saturated heterocycles. The Hall–Kier alpha value is -2.96. The van der Waals surface area contributed by atoms with Gasteiger partial charge in [0.2, 0.25) is 0 Å². The van der Waals surface area contributed by atoms with E-state index in [2.05, 4.69) is 18.4 Å². The number of aliphatic hydroxyl groups excluding tert-OH is 2. The maximum atomic E-state index is 13.6. The lowest BCUT2D eigenvalue weighted by Crippen LogP contribution is -2.20. The molecule has 1 heterocycles. The zero-order valence-corrected chi connectivity index (χ0v) is 18.7. The van der Waals surface area contributed by atoms with Crippen LogP contribution >= 0.6 is 0 Å². The third kappa shape index (κ3) is 5.44. The first-order valence-corrected chi connectivity index (χ1v) is 10.9. The molecule has 0 aliphatic carbocycles. The quantitative estimate of drug-likeness (QED) is 0.455. The van der Waals surface area contributed by atoms with Crippen LogP contribution in [0.25, 0.3) is 28.1 Å². The standard InChI is InChI=1S/C26H30FNO4/c1-4-32-25(31)16-21(30)15-20(29)13-14-24-26(18-9-11-19(27)12-10-18)22-7-5-6-8-23(22)28(24)17(2)3/h5-14,17,20-21,29-30H,4,15-16H2,1-3H3/b14-13+/t20-,21-/m1/s1. The number of aromatic nitrogens is 1. The number of fused-ring (bicyclic) bond motifs is 1. The van der Waals surface area contributed by atoms with E-state index in [1.807, 2.05) is 30.3 Å². The van der Waals surface area contributed by atoms with Gasteiger partial charge >= 0.3 is 5.97 Å². The van der Waals surface area contributed by atoms with E-state index in [-0.39, 0.29) is 31.3 Å². The minimum atomic E-state index is -0.999. The largest absolute Gasteiger partial charge is 0.466 e. The molecule has 0 saturated carbocycles. The van der Waals surface area contributed by atoms with Crippen molar-refractivity contribution in [1.29, 1.82) is 0 Å². The topological polar surface area (TPSA) is 71.7 Å². The molecule has 2 aromatic carbocycles. The summed E-state index contributed by atoms with van der Waals surface area (Å²) in [6, 6.07) is 14.5. The van der Waals surface area contributed by atoms with Gasteiger partial charge in [-0.3, -0.25) is 4.79 Å². The Kier molecular flexibility index (Phi) is 7.83. The van der Waals surface area contributed by atoms with Gasteiger partial charge < -0.3 is 19.5 Å². The Morgan fingerprint density at radius 1 is 1.12 bits per heavy atom. The number of hydrogen-bond acceptors (Lipinski definition) is 4. The molecular formula is C26H30FNO4. The molecule has 3 rings (SSSR count). The summed E-state index contributed by atoms with van der Waals surface area (Å²) in [5.41, 5.74) is 3.74. The van der Waals surface area contributed by atoms with Crippen molar-refractivity contribution >= 4 is 22.9 Å². The molecule has 0 fully saturated rings. The lowest BCUT2D eigenvalue weighted by molar-refractivity contribution is -0.145. The number of halogens is 1. The summed E-state index contributed by atoms with van der Waals surface area (Å²) in [5, 5.41) is 21.6. The van der Waals surface area contributed by atoms with Gasteiger partial charge in [-0.15, -0.1) is 0 Å². The Morgan fingerprint density at radius 3 is 2.47 bits per heavy atom. The van der Waals surface area contributed by atoms with Gasteiger partial charge in [0.05, 0.1) is 25.2 Å². The van der Waals surface area contributed by atoms with Crippen LogP contribution in [0.2, 0.25) is 0 Å². The van der Waals surface area contributed by atoms with E-state index in [1.165, 1.54) is 12.1 Å². The van der Waals surface area contributed by atoms with Crippen LogP contribution in [0.5, 0.6) is 0 Å². The zero-order chi connectivity index (χ0) is 23.3. The van der Waals surface area contributed by atoms with Crippen LogP contribution in [0, 0.1) is 5.82 Å². The highest BCUT2D eigenvalue weighted by molar-refractivity contribution is 6.01. The highest BCUT2D eigenvalue weighted by Gasteiger charge is 2.19. The molecule has 2 N–H and O–H groups in total. The second-order valence-electron chi connectivity index (χ2n) is 8.07. The molecular weight excluding hydrogens is 409 g/mol. The molecule has 0 radical (unpaired) electrons. The summed E-state index contributed by atoms with van der Waals surface area (Å²) < 4.78 is 20.6. The minimum absolute atomic E-state index is 0.0170. The fourth-order valence-electron chi connectivity index (χ4n) is 3.98. The molecule has 32 heavy (non-hydrogen) atoms. The lowest BCUT2D eigenvalue weighted by atomic mass is 10.0. The van der Waals surface area contributed by atoms with Gasteiger partial charge in [0.1, 0.15) is 5.82 Å². The fraction of sp³-hybridized carbons (Fsp3) is 0.346. The molecule has 0 aliphatic heterocycles. The number of para-hydroxylation sites is 1. The summed E-state index contributed by atoms with van der Waals surface area (Å²) >= 11 is 0. The Bertz CT molecular complexity index is 1090. The Labute approximate surface area is 187 Å². The normalized spacial score (nSPS) is 13.7. The summed E-state index contributed by atoms with van der Waals surface area (Å²) in [7, 11) is 0. The monoisotopic (exact) mass is 439 g/mol. The first-order valence-electron chi connectivity index (χ1n) is 10.9. The van der Waals surface area contributed by atoms with Crippen molar-refractivity contribution in [3.05, 3.63) is 66.1 Å². The van der Waals surface area contributed by atoms with E-state index in [0.29, 0.717) is 0 Å². The number of carbonyl (C=O) groups is 1. The first-order chi connectivity index (χ1) is 15.3. The summed E-state index contributed by atoms with van der Waals surface area (Å²) in [6.45, 7) is 6.11. The van der Waals surface area contributed by atoms with E-state index < -0.39 is 18.2 Å². The van der Waals surface area contributed by atoms with Crippen molar-refractivity contribution in [1.82, 2.24) is 4.57 Å². The summed E-state index contributed by atoms with van der Waals surface area (Å²) in [6.07, 6.45) is 1.37. The number of aliphatic hydroxyl groups is 2. The average molecular weight is 440 g/mol. The van der Waals surface area contributed by atoms with Gasteiger partial charge in [0.15, 0.2) is 0 Å². The van der Waals surface area contributed by atoms with Crippen LogP contribution in [0.15, 0.2) is 54.6 Å². The second kappa shape index (κ2) is 10.6. The highest BCUT2D eigenvalue weighted by Crippen LogP contribution is 2.38. The maximum Gasteiger partial charge on any atom is 0.308 e. The zero-order valence-electron chi connectivity index (χ0n) is 18.7. The molecule has 0 unspecified atom stereocenters. The van der Waals surface area contributed by atoms with E-state index in [0.717, 1.165) is 27.7 Å². The van der Waals surface area contributed by atoms with Crippen LogP contribution in [-0.4, -0.2) is 39.6 Å². The minimum Gasteiger partial charge on any atom is -0.466 e. The predicted molar refractivity (Wildman–Crippen MR) is 125 cm³/mol. The number of benzene rings is 2. The van der Waals surface area contributed by atoms with E-state index in [1.54, 1.807) is 25.1 Å². The van der Waals surface area contributed by atoms with Crippen molar-refractivity contribution in [3.63, 3.8) is 0 Å². The van der Waals surface area contributed by atoms with Gasteiger partial charge in [0, 0.05) is 34.6 Å². The van der Waals surface area contributed by atoms with Gasteiger partial charge in [-0.1, -0.05) is 36.4 Å². The second-order valence-corrected chi connectivity index (χ2v) is 8.07. The van der Waals surface area contributed by atoms with Crippen LogP contribution in [0.1, 0.15) is 45.3 Å². The van der Waals surface area contributed by atoms with Crippen molar-refractivity contribution in [2.75, 3.05) is 6.61 Å². The van der Waals surface area contributed by atoms with E-state index >= 15 is 0 Å². The number of carbonyl (C=O) groups excluding carboxylic acids is 1. The molecule has 5 nitrogen and oxygen atoms in total. The molecule has 170 valence electrons. The molecule has 1 aromatic heterocycles. The smallest absolute Gasteiger partial charge is 0.308 e. The van der Waals surface area contributed by atoms with Gasteiger partial charge in [-0.25, -0.2) is 4.39 Å². The third-order valence-corrected chi connectivity index (χ3v) is 5.30. The van der Waals surface area contributed by atoms with Crippen molar-refractivity contribution < 1.29 is 24.1 Å². The third-order valence-electron chi connectivity index (χ3n) is 5.30. The highest BCUT2D eigenvalue weighted by atomic mass is 19.1. The van der Waals surface area contributed by atoms with Crippen LogP contribution in [0.4, 0.5) is 4.39 Å². The van der Waals surface area contributed by atoms with Crippen molar-refractivity contribution in [3.8, 4) is 11.1 Å². The Morgan fingerprint density at radius 2 is 1.81 bits per heavy atom. The molecule has 0 aliphatic rings. The van der Waals surface area contributed by atoms with E-state index in [4.69, 9.17) is 4.74 Å². The number of nitrogens with zero attached hydrogens (tertiary/aromatic N) is 1. The number of hydrogen-bond donors (Lipinski definition) is 2. The fourth-order valence-corrected chi connectivity index (χ4v) is 3.98. The SMILES string of the molecule is CCOC(=O)C[C@H](O)C[C@H](O)/C=C/c1c(-c2ccc(F)cc2)c2ccccc2n1C(C)C. The van der Waals surface area contributed by atoms with E-state index in [9.17, 15) is 19.4 Å². The summed E-state index contributed by atoms with van der Waals surface area (Å²) in [4.78, 5) is 11.5. The molecule has 0 bridgehead atoms. The van der Waals surface area contributed by atoms with Gasteiger partial charge in [-0.2, -0.15) is 0 Å². The van der Waals surface area contributed by atoms with Gasteiger partial charge in [0.25, 0.3) is 0 Å². The molecule has 3 aromatic rings. The summed E-state index contributed by atoms with van der Waals surface area (Å²) in [5.74, 6) is -0.792. The molecule has 0 amide bonds. The number of esters is 1. The van der Waals surface area contributed by atoms with Crippen LogP contribution in [-0.2, 0) is 9.53 Å². The lowest BCUT2D eigenvalue weighted by Gasteiger charge is -2.15. The van der Waals surface area contributed by atoms with Crippen LogP contribution < -0.4 is 0 Å². The maximum absolute atomic E-state index is 13.6. The van der Waals surface area contributed by atoms with Crippen molar-refractivity contribution in [2.24, 2.45) is 0 Å². The molecule has 2 atom stereocenters. The van der Waals surface area contributed by atoms with Gasteiger partial charge in [-0.05, 0) is 50.6 Å². The van der Waals surface area contributed by atoms with Crippen molar-refractivity contribution in [2.45, 2.75) is 51.9 Å². The Balaban J connectivity index is 1.97. The molecule has 0 spiro atoms. The predicted octanol–water partition coefficient (Wildman–Crippen LogP) is 5.11. The molecule has 6 heteroatoms. The number of rotatable bonds is 9.